The molecule has 2 heterocycles. The monoisotopic (exact) mass is 259 g/mol. The molecule has 0 atom stereocenters. The predicted molar refractivity (Wildman–Crippen MR) is 53.6 cm³/mol. The van der Waals surface area contributed by atoms with Gasteiger partial charge >= 0.3 is 0 Å². The van der Waals surface area contributed by atoms with Crippen LogP contribution in [0.1, 0.15) is 5.69 Å². The lowest BCUT2D eigenvalue weighted by Crippen LogP contribution is -1.98. The Hall–Kier alpha value is -0.880. The summed E-state index contributed by atoms with van der Waals surface area (Å²) in [5.41, 5.74) is 0.867. The van der Waals surface area contributed by atoms with Crippen LogP contribution in [0.3, 0.4) is 0 Å². The second-order valence-electron chi connectivity index (χ2n) is 2.32. The first-order chi connectivity index (χ1) is 6.34. The van der Waals surface area contributed by atoms with E-state index in [1.165, 1.54) is 0 Å². The van der Waals surface area contributed by atoms with E-state index in [4.69, 9.17) is 4.52 Å². The minimum absolute atomic E-state index is 0.635. The summed E-state index contributed by atoms with van der Waals surface area (Å²) in [7, 11) is 0. The highest BCUT2D eigenvalue weighted by molar-refractivity contribution is 9.10. The molecule has 0 unspecified atom stereocenters. The van der Waals surface area contributed by atoms with Gasteiger partial charge in [-0.2, -0.15) is 0 Å². The summed E-state index contributed by atoms with van der Waals surface area (Å²) >= 11 is 4.82. The Balaban J connectivity index is 1.93. The van der Waals surface area contributed by atoms with Crippen LogP contribution >= 0.6 is 27.3 Å². The van der Waals surface area contributed by atoms with Gasteiger partial charge in [-0.15, -0.1) is 11.3 Å². The van der Waals surface area contributed by atoms with Gasteiger partial charge in [0.1, 0.15) is 16.6 Å². The van der Waals surface area contributed by atoms with Crippen molar-refractivity contribution in [2.45, 2.75) is 6.54 Å². The number of nitrogens with one attached hydrogen (secondary N) is 1. The van der Waals surface area contributed by atoms with Gasteiger partial charge in [0.25, 0.3) is 0 Å². The summed E-state index contributed by atoms with van der Waals surface area (Å²) in [4.78, 5) is 4.18. The number of hydrogen-bond donors (Lipinski definition) is 1. The van der Waals surface area contributed by atoms with Crippen molar-refractivity contribution in [3.05, 3.63) is 28.0 Å². The molecule has 1 N–H and O–H groups in total. The minimum atomic E-state index is 0.635. The van der Waals surface area contributed by atoms with Crippen molar-refractivity contribution in [2.24, 2.45) is 0 Å². The molecule has 0 aliphatic carbocycles. The molecule has 0 radical (unpaired) electrons. The van der Waals surface area contributed by atoms with E-state index in [0.29, 0.717) is 6.54 Å². The zero-order chi connectivity index (χ0) is 9.10. The van der Waals surface area contributed by atoms with E-state index < -0.39 is 0 Å². The highest BCUT2D eigenvalue weighted by Crippen LogP contribution is 2.19. The van der Waals surface area contributed by atoms with Gasteiger partial charge < -0.3 is 9.84 Å². The van der Waals surface area contributed by atoms with E-state index >= 15 is 0 Å². The second-order valence-corrected chi connectivity index (χ2v) is 3.99. The average Bonchev–Trinajstić information content (AvgIpc) is 2.71. The van der Waals surface area contributed by atoms with Crippen LogP contribution in [0.4, 0.5) is 5.13 Å². The Labute approximate surface area is 87.1 Å². The number of hydrogen-bond acceptors (Lipinski definition) is 5. The van der Waals surface area contributed by atoms with E-state index in [1.807, 2.05) is 11.4 Å². The summed E-state index contributed by atoms with van der Waals surface area (Å²) in [6, 6.07) is 1.82. The van der Waals surface area contributed by atoms with E-state index in [1.54, 1.807) is 17.6 Å². The highest BCUT2D eigenvalue weighted by atomic mass is 79.9. The van der Waals surface area contributed by atoms with Crippen molar-refractivity contribution in [2.75, 3.05) is 5.32 Å². The fourth-order valence-corrected chi connectivity index (χ4v) is 1.97. The number of halogens is 1. The predicted octanol–water partition coefficient (Wildman–Crippen LogP) is 2.51. The van der Waals surface area contributed by atoms with Crippen molar-refractivity contribution in [1.29, 1.82) is 0 Å². The molecule has 0 saturated carbocycles. The standard InChI is InChI=1S/C7H6BrN3OS/c8-6-4-13-7(10-6)9-3-5-1-2-12-11-5/h1-2,4H,3H2,(H,9,10). The van der Waals surface area contributed by atoms with Gasteiger partial charge in [0.05, 0.1) is 6.54 Å². The second kappa shape index (κ2) is 3.89. The normalized spacial score (nSPS) is 10.2. The van der Waals surface area contributed by atoms with Crippen LogP contribution in [0, 0.1) is 0 Å². The first kappa shape index (κ1) is 8.71. The summed E-state index contributed by atoms with van der Waals surface area (Å²) in [5, 5.41) is 9.68. The Morgan fingerprint density at radius 3 is 3.15 bits per heavy atom. The molecule has 0 amide bonds. The maximum atomic E-state index is 4.69. The summed E-state index contributed by atoms with van der Waals surface area (Å²) in [6.45, 7) is 0.635. The van der Waals surface area contributed by atoms with Gasteiger partial charge in [-0.3, -0.25) is 0 Å². The molecule has 6 heteroatoms. The zero-order valence-electron chi connectivity index (χ0n) is 6.53. The summed E-state index contributed by atoms with van der Waals surface area (Å²) in [6.07, 6.45) is 1.55. The first-order valence-corrected chi connectivity index (χ1v) is 5.26. The first-order valence-electron chi connectivity index (χ1n) is 3.59. The Morgan fingerprint density at radius 1 is 1.62 bits per heavy atom. The van der Waals surface area contributed by atoms with Gasteiger partial charge in [-0.25, -0.2) is 4.98 Å². The lowest BCUT2D eigenvalue weighted by atomic mass is 10.4. The van der Waals surface area contributed by atoms with Crippen LogP contribution in [0.25, 0.3) is 0 Å². The molecule has 4 nitrogen and oxygen atoms in total. The molecule has 2 aromatic rings. The van der Waals surface area contributed by atoms with E-state index in [9.17, 15) is 0 Å². The van der Waals surface area contributed by atoms with Gasteiger partial charge in [-0.05, 0) is 15.9 Å². The Kier molecular flexibility index (Phi) is 2.60. The van der Waals surface area contributed by atoms with Crippen molar-refractivity contribution < 1.29 is 4.52 Å². The van der Waals surface area contributed by atoms with Crippen LogP contribution < -0.4 is 5.32 Å². The van der Waals surface area contributed by atoms with Crippen LogP contribution in [0.5, 0.6) is 0 Å². The molecule has 0 aliphatic heterocycles. The largest absolute Gasteiger partial charge is 0.364 e. The fraction of sp³-hybridized carbons (Fsp3) is 0.143. The molecule has 0 bridgehead atoms. The van der Waals surface area contributed by atoms with Crippen LogP contribution in [-0.4, -0.2) is 10.1 Å². The number of aromatic nitrogens is 2. The molecule has 0 fully saturated rings. The van der Waals surface area contributed by atoms with Gasteiger partial charge in [0.15, 0.2) is 5.13 Å². The zero-order valence-corrected chi connectivity index (χ0v) is 8.93. The van der Waals surface area contributed by atoms with E-state index in [-0.39, 0.29) is 0 Å². The van der Waals surface area contributed by atoms with E-state index in [2.05, 4.69) is 31.4 Å². The molecule has 68 valence electrons. The van der Waals surface area contributed by atoms with E-state index in [0.717, 1.165) is 15.4 Å². The van der Waals surface area contributed by atoms with Crippen molar-refractivity contribution >= 4 is 32.4 Å². The van der Waals surface area contributed by atoms with Crippen molar-refractivity contribution in [3.8, 4) is 0 Å². The number of thiazole rings is 1. The van der Waals surface area contributed by atoms with Gasteiger partial charge in [0.2, 0.25) is 0 Å². The summed E-state index contributed by atoms with van der Waals surface area (Å²) < 4.78 is 5.54. The third-order valence-electron chi connectivity index (χ3n) is 1.39. The third-order valence-corrected chi connectivity index (χ3v) is 2.90. The maximum Gasteiger partial charge on any atom is 0.184 e. The Morgan fingerprint density at radius 2 is 2.54 bits per heavy atom. The average molecular weight is 260 g/mol. The molecule has 2 rings (SSSR count). The molecule has 0 spiro atoms. The molecule has 2 aromatic heterocycles. The molecular formula is C7H6BrN3OS. The smallest absolute Gasteiger partial charge is 0.184 e. The SMILES string of the molecule is Brc1csc(NCc2ccon2)n1. The Bertz CT molecular complexity index is 373. The molecular weight excluding hydrogens is 254 g/mol. The maximum absolute atomic E-state index is 4.69. The lowest BCUT2D eigenvalue weighted by molar-refractivity contribution is 0.412. The molecule has 0 aliphatic rings. The highest BCUT2D eigenvalue weighted by Gasteiger charge is 2.00. The van der Waals surface area contributed by atoms with Crippen LogP contribution in [-0.2, 0) is 6.54 Å². The molecule has 0 aromatic carbocycles. The van der Waals surface area contributed by atoms with Gasteiger partial charge in [0, 0.05) is 11.4 Å². The quantitative estimate of drug-likeness (QED) is 0.921. The fourth-order valence-electron chi connectivity index (χ4n) is 0.830. The summed E-state index contributed by atoms with van der Waals surface area (Å²) in [5.74, 6) is 0. The van der Waals surface area contributed by atoms with Crippen molar-refractivity contribution in [3.63, 3.8) is 0 Å². The number of nitrogens with zero attached hydrogens (tertiary/aromatic N) is 2. The third kappa shape index (κ3) is 2.28. The van der Waals surface area contributed by atoms with Crippen LogP contribution in [0.2, 0.25) is 0 Å². The van der Waals surface area contributed by atoms with Crippen molar-refractivity contribution in [1.82, 2.24) is 10.1 Å². The van der Waals surface area contributed by atoms with Gasteiger partial charge in [-0.1, -0.05) is 5.16 Å². The number of anilines is 1. The minimum Gasteiger partial charge on any atom is -0.364 e. The topological polar surface area (TPSA) is 51.0 Å². The lowest BCUT2D eigenvalue weighted by Gasteiger charge is -1.96. The van der Waals surface area contributed by atoms with Crippen LogP contribution in [0.15, 0.2) is 26.8 Å². The number of rotatable bonds is 3. The molecule has 0 saturated heterocycles. The molecule has 13 heavy (non-hydrogen) atoms.